The van der Waals surface area contributed by atoms with Crippen LogP contribution >= 0.6 is 0 Å². The molecule has 5 nitrogen and oxygen atoms in total. The Bertz CT molecular complexity index is 468. The third kappa shape index (κ3) is 6.90. The first-order valence-electron chi connectivity index (χ1n) is 7.09. The van der Waals surface area contributed by atoms with Gasteiger partial charge < -0.3 is 15.2 Å². The molecule has 0 aromatic heterocycles. The van der Waals surface area contributed by atoms with Gasteiger partial charge in [-0.2, -0.15) is 0 Å². The first-order chi connectivity index (χ1) is 9.88. The van der Waals surface area contributed by atoms with E-state index in [1.54, 1.807) is 19.1 Å². The van der Waals surface area contributed by atoms with Crippen LogP contribution in [-0.4, -0.2) is 29.6 Å². The molecule has 0 bridgehead atoms. The molecule has 1 aromatic carbocycles. The molecule has 2 N–H and O–H groups in total. The molecule has 21 heavy (non-hydrogen) atoms. The maximum absolute atomic E-state index is 11.9. The SMILES string of the molecule is CC(CNC(=O)c1ccc(COC(C)C)cc1)CC(=O)O. The first-order valence-corrected chi connectivity index (χ1v) is 7.09. The standard InChI is InChI=1S/C16H23NO4/c1-11(2)21-10-13-4-6-14(7-5-13)16(20)17-9-12(3)8-15(18)19/h4-7,11-12H,8-10H2,1-3H3,(H,17,20)(H,18,19). The molecule has 0 heterocycles. The van der Waals surface area contributed by atoms with Crippen molar-refractivity contribution in [3.05, 3.63) is 35.4 Å². The zero-order chi connectivity index (χ0) is 15.8. The summed E-state index contributed by atoms with van der Waals surface area (Å²) in [4.78, 5) is 22.5. The van der Waals surface area contributed by atoms with Gasteiger partial charge in [0, 0.05) is 18.5 Å². The first kappa shape index (κ1) is 17.2. The third-order valence-electron chi connectivity index (χ3n) is 2.93. The molecule has 0 aliphatic rings. The number of ether oxygens (including phenoxy) is 1. The highest BCUT2D eigenvalue weighted by Crippen LogP contribution is 2.08. The van der Waals surface area contributed by atoms with Crippen molar-refractivity contribution >= 4 is 11.9 Å². The summed E-state index contributed by atoms with van der Waals surface area (Å²) in [5, 5.41) is 11.4. The van der Waals surface area contributed by atoms with Crippen LogP contribution in [0.15, 0.2) is 24.3 Å². The second-order valence-electron chi connectivity index (χ2n) is 5.47. The number of amides is 1. The number of benzene rings is 1. The van der Waals surface area contributed by atoms with Crippen molar-refractivity contribution in [3.63, 3.8) is 0 Å². The summed E-state index contributed by atoms with van der Waals surface area (Å²) < 4.78 is 5.49. The topological polar surface area (TPSA) is 75.6 Å². The molecule has 0 aliphatic heterocycles. The van der Waals surface area contributed by atoms with Gasteiger partial charge in [0.25, 0.3) is 5.91 Å². The molecule has 1 unspecified atom stereocenters. The number of carbonyl (C=O) groups is 2. The lowest BCUT2D eigenvalue weighted by Gasteiger charge is -2.11. The van der Waals surface area contributed by atoms with E-state index in [9.17, 15) is 9.59 Å². The number of aliphatic carboxylic acids is 1. The van der Waals surface area contributed by atoms with Crippen molar-refractivity contribution < 1.29 is 19.4 Å². The Morgan fingerprint density at radius 1 is 1.19 bits per heavy atom. The summed E-state index contributed by atoms with van der Waals surface area (Å²) in [6.07, 6.45) is 0.217. The molecule has 0 aliphatic carbocycles. The highest BCUT2D eigenvalue weighted by molar-refractivity contribution is 5.94. The maximum atomic E-state index is 11.9. The number of carboxylic acids is 1. The number of rotatable bonds is 8. The van der Waals surface area contributed by atoms with Crippen LogP contribution in [-0.2, 0) is 16.1 Å². The van der Waals surface area contributed by atoms with E-state index in [0.717, 1.165) is 5.56 Å². The Labute approximate surface area is 125 Å². The summed E-state index contributed by atoms with van der Waals surface area (Å²) in [5.74, 6) is -1.14. The highest BCUT2D eigenvalue weighted by atomic mass is 16.5. The Morgan fingerprint density at radius 3 is 2.33 bits per heavy atom. The summed E-state index contributed by atoms with van der Waals surface area (Å²) in [6.45, 7) is 6.61. The van der Waals surface area contributed by atoms with Gasteiger partial charge in [0.2, 0.25) is 0 Å². The molecule has 1 atom stereocenters. The van der Waals surface area contributed by atoms with Gasteiger partial charge in [-0.3, -0.25) is 9.59 Å². The Morgan fingerprint density at radius 2 is 1.81 bits per heavy atom. The third-order valence-corrected chi connectivity index (χ3v) is 2.93. The van der Waals surface area contributed by atoms with Crippen LogP contribution in [0.5, 0.6) is 0 Å². The number of carboxylic acid groups (broad SMARTS) is 1. The quantitative estimate of drug-likeness (QED) is 0.772. The number of nitrogens with one attached hydrogen (secondary N) is 1. The fourth-order valence-electron chi connectivity index (χ4n) is 1.75. The van der Waals surface area contributed by atoms with Crippen molar-refractivity contribution in [2.75, 3.05) is 6.54 Å². The molecule has 1 aromatic rings. The Kier molecular flexibility index (Phi) is 6.88. The van der Waals surface area contributed by atoms with E-state index < -0.39 is 5.97 Å². The van der Waals surface area contributed by atoms with E-state index in [2.05, 4.69) is 5.32 Å². The molecule has 1 rings (SSSR count). The monoisotopic (exact) mass is 293 g/mol. The van der Waals surface area contributed by atoms with Gasteiger partial charge in [-0.25, -0.2) is 0 Å². The minimum Gasteiger partial charge on any atom is -0.481 e. The van der Waals surface area contributed by atoms with E-state index in [0.29, 0.717) is 18.7 Å². The van der Waals surface area contributed by atoms with Gasteiger partial charge in [-0.15, -0.1) is 0 Å². The largest absolute Gasteiger partial charge is 0.481 e. The average molecular weight is 293 g/mol. The molecular weight excluding hydrogens is 270 g/mol. The lowest BCUT2D eigenvalue weighted by Crippen LogP contribution is -2.29. The summed E-state index contributed by atoms with van der Waals surface area (Å²) in [5.41, 5.74) is 1.57. The minimum atomic E-state index is -0.855. The van der Waals surface area contributed by atoms with Crippen molar-refractivity contribution in [2.45, 2.75) is 39.9 Å². The molecular formula is C16H23NO4. The second kappa shape index (κ2) is 8.42. The van der Waals surface area contributed by atoms with Crippen molar-refractivity contribution in [2.24, 2.45) is 5.92 Å². The highest BCUT2D eigenvalue weighted by Gasteiger charge is 2.10. The molecule has 0 spiro atoms. The molecule has 116 valence electrons. The number of hydrogen-bond donors (Lipinski definition) is 2. The predicted octanol–water partition coefficient (Wildman–Crippen LogP) is 2.45. The lowest BCUT2D eigenvalue weighted by atomic mass is 10.1. The van der Waals surface area contributed by atoms with Gasteiger partial charge in [0.05, 0.1) is 12.7 Å². The van der Waals surface area contributed by atoms with E-state index in [1.807, 2.05) is 26.0 Å². The maximum Gasteiger partial charge on any atom is 0.303 e. The van der Waals surface area contributed by atoms with Gasteiger partial charge in [0.15, 0.2) is 0 Å². The number of hydrogen-bond acceptors (Lipinski definition) is 3. The van der Waals surface area contributed by atoms with Crippen LogP contribution in [0.1, 0.15) is 43.1 Å². The van der Waals surface area contributed by atoms with Crippen molar-refractivity contribution in [3.8, 4) is 0 Å². The number of carbonyl (C=O) groups excluding carboxylic acids is 1. The summed E-state index contributed by atoms with van der Waals surface area (Å²) >= 11 is 0. The van der Waals surface area contributed by atoms with Crippen molar-refractivity contribution in [1.82, 2.24) is 5.32 Å². The minimum absolute atomic E-state index is 0.0474. The van der Waals surface area contributed by atoms with Crippen LogP contribution in [0.4, 0.5) is 0 Å². The zero-order valence-corrected chi connectivity index (χ0v) is 12.8. The summed E-state index contributed by atoms with van der Waals surface area (Å²) in [7, 11) is 0. The molecule has 0 saturated heterocycles. The average Bonchev–Trinajstić information content (AvgIpc) is 2.42. The van der Waals surface area contributed by atoms with Crippen LogP contribution in [0, 0.1) is 5.92 Å². The molecule has 0 saturated carbocycles. The van der Waals surface area contributed by atoms with Gasteiger partial charge >= 0.3 is 5.97 Å². The van der Waals surface area contributed by atoms with E-state index in [1.165, 1.54) is 0 Å². The van der Waals surface area contributed by atoms with E-state index >= 15 is 0 Å². The Balaban J connectivity index is 2.45. The second-order valence-corrected chi connectivity index (χ2v) is 5.47. The van der Waals surface area contributed by atoms with Gasteiger partial charge in [0.1, 0.15) is 0 Å². The fourth-order valence-corrected chi connectivity index (χ4v) is 1.75. The predicted molar refractivity (Wildman–Crippen MR) is 80.1 cm³/mol. The van der Waals surface area contributed by atoms with E-state index in [4.69, 9.17) is 9.84 Å². The molecule has 0 radical (unpaired) electrons. The van der Waals surface area contributed by atoms with Gasteiger partial charge in [-0.05, 0) is 37.5 Å². The van der Waals surface area contributed by atoms with E-state index in [-0.39, 0.29) is 24.3 Å². The fraction of sp³-hybridized carbons (Fsp3) is 0.500. The molecule has 0 fully saturated rings. The van der Waals surface area contributed by atoms with Crippen LogP contribution in [0.25, 0.3) is 0 Å². The molecule has 5 heteroatoms. The van der Waals surface area contributed by atoms with Gasteiger partial charge in [-0.1, -0.05) is 19.1 Å². The van der Waals surface area contributed by atoms with Crippen molar-refractivity contribution in [1.29, 1.82) is 0 Å². The zero-order valence-electron chi connectivity index (χ0n) is 12.8. The smallest absolute Gasteiger partial charge is 0.303 e. The van der Waals surface area contributed by atoms with Crippen LogP contribution in [0.3, 0.4) is 0 Å². The lowest BCUT2D eigenvalue weighted by molar-refractivity contribution is -0.137. The molecule has 1 amide bonds. The Hall–Kier alpha value is -1.88. The normalized spacial score (nSPS) is 12.2. The van der Waals surface area contributed by atoms with Crippen LogP contribution < -0.4 is 5.32 Å². The van der Waals surface area contributed by atoms with Crippen LogP contribution in [0.2, 0.25) is 0 Å². The summed E-state index contributed by atoms with van der Waals surface area (Å²) in [6, 6.07) is 7.21.